The quantitative estimate of drug-likeness (QED) is 0.153. The number of carbonyl (C=O) groups excluding carboxylic acids is 1. The third kappa shape index (κ3) is 7.78. The van der Waals surface area contributed by atoms with Gasteiger partial charge in [0.2, 0.25) is 0 Å². The molecule has 3 fully saturated rings. The van der Waals surface area contributed by atoms with E-state index in [1.807, 2.05) is 81.4 Å². The van der Waals surface area contributed by atoms with Crippen molar-refractivity contribution in [2.24, 2.45) is 11.8 Å². The van der Waals surface area contributed by atoms with Gasteiger partial charge in [0.25, 0.3) is 0 Å². The third-order valence-corrected chi connectivity index (χ3v) is 19.1. The molecular formula is C43H62O9SeSi. The third-order valence-electron chi connectivity index (χ3n) is 12.4. The molecule has 0 N–H and O–H groups in total. The fraction of sp³-hybridized carbons (Fsp3) is 0.651. The van der Waals surface area contributed by atoms with E-state index < -0.39 is 76.8 Å². The fourth-order valence-electron chi connectivity index (χ4n) is 8.39. The molecule has 10 atom stereocenters. The van der Waals surface area contributed by atoms with Crippen molar-refractivity contribution in [3.63, 3.8) is 0 Å². The van der Waals surface area contributed by atoms with Crippen LogP contribution in [-0.2, 0) is 49.0 Å². The zero-order valence-electron chi connectivity index (χ0n) is 34.3. The van der Waals surface area contributed by atoms with Crippen molar-refractivity contribution in [2.45, 2.75) is 153 Å². The summed E-state index contributed by atoms with van der Waals surface area (Å²) in [5, 5.41) is -0.00548. The van der Waals surface area contributed by atoms with Crippen LogP contribution >= 0.6 is 0 Å². The van der Waals surface area contributed by atoms with Crippen molar-refractivity contribution < 1.29 is 42.4 Å². The zero-order valence-corrected chi connectivity index (χ0v) is 37.0. The monoisotopic (exact) mass is 830 g/mol. The Hall–Kier alpha value is -1.73. The van der Waals surface area contributed by atoms with Gasteiger partial charge in [0.1, 0.15) is 0 Å². The van der Waals surface area contributed by atoms with E-state index in [1.165, 1.54) is 0 Å². The van der Waals surface area contributed by atoms with Gasteiger partial charge in [-0.15, -0.1) is 0 Å². The summed E-state index contributed by atoms with van der Waals surface area (Å²) in [6.45, 7) is 24.0. The first-order valence-electron chi connectivity index (χ1n) is 19.5. The van der Waals surface area contributed by atoms with Crippen LogP contribution in [0.5, 0.6) is 0 Å². The van der Waals surface area contributed by atoms with Crippen LogP contribution in [0.15, 0.2) is 72.3 Å². The van der Waals surface area contributed by atoms with Gasteiger partial charge in [0, 0.05) is 0 Å². The number of hydrogen-bond acceptors (Lipinski definition) is 9. The first-order valence-corrected chi connectivity index (χ1v) is 24.1. The summed E-state index contributed by atoms with van der Waals surface area (Å²) < 4.78 is 55.5. The fourth-order valence-corrected chi connectivity index (χ4v) is 11.3. The van der Waals surface area contributed by atoms with Crippen LogP contribution in [0.2, 0.25) is 18.1 Å². The Morgan fingerprint density at radius 2 is 1.57 bits per heavy atom. The number of hydrogen-bond donors (Lipinski definition) is 0. The molecule has 0 amide bonds. The van der Waals surface area contributed by atoms with Crippen LogP contribution in [0.25, 0.3) is 0 Å². The van der Waals surface area contributed by atoms with E-state index in [1.54, 1.807) is 7.11 Å². The maximum absolute atomic E-state index is 15.2. The van der Waals surface area contributed by atoms with E-state index in [0.717, 1.165) is 15.6 Å². The molecule has 0 spiro atoms. The second-order valence-corrected chi connectivity index (χ2v) is 24.7. The summed E-state index contributed by atoms with van der Waals surface area (Å²) in [5.74, 6) is -2.24. The average Bonchev–Trinajstić information content (AvgIpc) is 3.74. The van der Waals surface area contributed by atoms with E-state index in [9.17, 15) is 0 Å². The Bertz CT molecular complexity index is 1650. The molecule has 0 aromatic heterocycles. The summed E-state index contributed by atoms with van der Waals surface area (Å²) in [6.07, 6.45) is 0.230. The molecule has 4 aliphatic heterocycles. The number of methoxy groups -OCH3 is 1. The molecule has 0 bridgehead atoms. The standard InChI is InChI=1S/C43H62O9SeSi/c1-13-41(36-33(48-40(8,9)49-36)37(52-41)46-26-31-20-16-14-17-21-31)35-29(3)25-42(50-35,38(44)53-32-22-18-15-19-23-32)34-28(2)24-30(4)43(45-10,51-34)27-47-54(11,12)39(5,6)7/h14-24,29-30,33-37H,13,25-27H2,1-12H3/t29-,30+,33?,34?,35+,36?,37-,41?,42?,43+/m0/s1. The predicted molar refractivity (Wildman–Crippen MR) is 212 cm³/mol. The maximum atomic E-state index is 15.2. The van der Waals surface area contributed by atoms with Gasteiger partial charge < -0.3 is 0 Å². The van der Waals surface area contributed by atoms with E-state index >= 15 is 4.79 Å². The second kappa shape index (κ2) is 15.6. The summed E-state index contributed by atoms with van der Waals surface area (Å²) in [4.78, 5) is 15.2. The minimum absolute atomic E-state index is 0.00548. The van der Waals surface area contributed by atoms with Gasteiger partial charge >= 0.3 is 326 Å². The zero-order chi connectivity index (χ0) is 39.3. The van der Waals surface area contributed by atoms with Gasteiger partial charge in [-0.25, -0.2) is 0 Å². The molecule has 6 rings (SSSR count). The molecular weight excluding hydrogens is 768 g/mol. The van der Waals surface area contributed by atoms with Gasteiger partial charge in [-0.05, 0) is 0 Å². The van der Waals surface area contributed by atoms with Gasteiger partial charge in [-0.2, -0.15) is 0 Å². The summed E-state index contributed by atoms with van der Waals surface area (Å²) >= 11 is -0.565. The molecule has 54 heavy (non-hydrogen) atoms. The molecule has 3 saturated heterocycles. The van der Waals surface area contributed by atoms with Crippen LogP contribution in [0.1, 0.15) is 80.7 Å². The van der Waals surface area contributed by atoms with Crippen molar-refractivity contribution in [3.8, 4) is 0 Å². The Labute approximate surface area is 330 Å². The normalized spacial score (nSPS) is 36.6. The van der Waals surface area contributed by atoms with E-state index in [4.69, 9.17) is 37.6 Å². The average molecular weight is 830 g/mol. The van der Waals surface area contributed by atoms with E-state index in [-0.39, 0.29) is 28.2 Å². The van der Waals surface area contributed by atoms with Gasteiger partial charge in [0.05, 0.1) is 0 Å². The van der Waals surface area contributed by atoms with Gasteiger partial charge in [-0.1, -0.05) is 6.07 Å². The molecule has 0 radical (unpaired) electrons. The van der Waals surface area contributed by atoms with E-state index in [2.05, 4.69) is 60.7 Å². The van der Waals surface area contributed by atoms with Crippen molar-refractivity contribution in [1.29, 1.82) is 0 Å². The Morgan fingerprint density at radius 1 is 0.926 bits per heavy atom. The first kappa shape index (κ1) is 41.9. The molecule has 0 aliphatic carbocycles. The molecule has 9 nitrogen and oxygen atoms in total. The second-order valence-electron chi connectivity index (χ2n) is 17.7. The van der Waals surface area contributed by atoms with E-state index in [0.29, 0.717) is 19.4 Å². The molecule has 298 valence electrons. The Morgan fingerprint density at radius 3 is 2.19 bits per heavy atom. The van der Waals surface area contributed by atoms with Crippen LogP contribution in [0, 0.1) is 11.8 Å². The molecule has 2 aromatic rings. The molecule has 5 unspecified atom stereocenters. The molecule has 4 aliphatic rings. The number of fused-ring (bicyclic) bond motifs is 1. The first-order chi connectivity index (χ1) is 25.3. The molecule has 2 aromatic carbocycles. The topological polar surface area (TPSA) is 90.9 Å². The predicted octanol–water partition coefficient (Wildman–Crippen LogP) is 7.29. The number of rotatable bonds is 13. The molecule has 11 heteroatoms. The summed E-state index contributed by atoms with van der Waals surface area (Å²) in [7, 11) is -0.514. The van der Waals surface area contributed by atoms with Crippen molar-refractivity contribution in [2.75, 3.05) is 13.7 Å². The van der Waals surface area contributed by atoms with Gasteiger partial charge in [0.15, 0.2) is 0 Å². The number of carbonyl (C=O) groups is 1. The minimum atomic E-state index is -2.19. The van der Waals surface area contributed by atoms with Crippen LogP contribution < -0.4 is 4.46 Å². The molecule has 4 heterocycles. The SMILES string of the molecule is CCC1([C@@H]2OC(C(=O)[Se]c3ccccc3)(C3O[C@@](CO[Si](C)(C)C(C)(C)C)(OC)[C@H](C)C=C3C)C[C@@H]2C)O[C@H](OCc2ccccc2)C2OC(C)(C)OC21. The summed E-state index contributed by atoms with van der Waals surface area (Å²) in [6, 6.07) is 20.0. The van der Waals surface area contributed by atoms with Crippen LogP contribution in [0.3, 0.4) is 0 Å². The molecule has 0 saturated carbocycles. The summed E-state index contributed by atoms with van der Waals surface area (Å²) in [5.41, 5.74) is -0.327. The number of benzene rings is 2. The number of ether oxygens (including phenoxy) is 7. The van der Waals surface area contributed by atoms with Crippen LogP contribution in [0.4, 0.5) is 0 Å². The van der Waals surface area contributed by atoms with Crippen LogP contribution in [-0.4, -0.2) is 95.2 Å². The van der Waals surface area contributed by atoms with Gasteiger partial charge in [-0.3, -0.25) is 0 Å². The van der Waals surface area contributed by atoms with Crippen molar-refractivity contribution in [3.05, 3.63) is 77.9 Å². The Balaban J connectivity index is 1.38. The van der Waals surface area contributed by atoms with Crippen molar-refractivity contribution in [1.82, 2.24) is 0 Å². The van der Waals surface area contributed by atoms with Crippen molar-refractivity contribution >= 4 is 32.4 Å². The Kier molecular flexibility index (Phi) is 12.1.